The van der Waals surface area contributed by atoms with E-state index in [0.29, 0.717) is 5.92 Å². The maximum atomic E-state index is 4.46. The molecule has 1 atom stereocenters. The highest BCUT2D eigenvalue weighted by Crippen LogP contribution is 2.23. The van der Waals surface area contributed by atoms with E-state index in [9.17, 15) is 0 Å². The van der Waals surface area contributed by atoms with Gasteiger partial charge in [-0.2, -0.15) is 0 Å². The third-order valence-electron chi connectivity index (χ3n) is 2.86. The van der Waals surface area contributed by atoms with Crippen LogP contribution in [0.3, 0.4) is 0 Å². The number of rotatable bonds is 1. The second kappa shape index (κ2) is 4.94. The Hall–Kier alpha value is -1.11. The van der Waals surface area contributed by atoms with Crippen LogP contribution in [0.1, 0.15) is 37.2 Å². The molecule has 1 aromatic carbocycles. The summed E-state index contributed by atoms with van der Waals surface area (Å²) in [5.41, 5.74) is 1.45. The van der Waals surface area contributed by atoms with Gasteiger partial charge in [0.2, 0.25) is 0 Å². The molecule has 0 saturated heterocycles. The maximum absolute atomic E-state index is 4.46. The maximum Gasteiger partial charge on any atom is 0.0454 e. The van der Waals surface area contributed by atoms with Crippen LogP contribution in [0.2, 0.25) is 0 Å². The first kappa shape index (κ1) is 9.45. The predicted molar refractivity (Wildman–Crippen MR) is 61.0 cm³/mol. The van der Waals surface area contributed by atoms with Crippen molar-refractivity contribution in [3.63, 3.8) is 0 Å². The van der Waals surface area contributed by atoms with Crippen molar-refractivity contribution in [2.24, 2.45) is 4.99 Å². The minimum atomic E-state index is 0.646. The Bertz CT molecular complexity index is 289. The lowest BCUT2D eigenvalue weighted by Crippen LogP contribution is -2.05. The topological polar surface area (TPSA) is 12.4 Å². The standard InChI is InChI=1S/C13H17N/c1-3-7-12(8-4-1)13-9-5-2-6-10-14-11-13/h1,3-4,7-8,10,13H,2,5-6,9,11H2. The van der Waals surface area contributed by atoms with E-state index in [2.05, 4.69) is 41.5 Å². The van der Waals surface area contributed by atoms with Crippen LogP contribution in [0.4, 0.5) is 0 Å². The Morgan fingerprint density at radius 2 is 1.93 bits per heavy atom. The van der Waals surface area contributed by atoms with Crippen LogP contribution in [-0.4, -0.2) is 12.8 Å². The largest absolute Gasteiger partial charge is 0.297 e. The van der Waals surface area contributed by atoms with Gasteiger partial charge in [-0.15, -0.1) is 0 Å². The van der Waals surface area contributed by atoms with Crippen LogP contribution in [0.5, 0.6) is 0 Å². The molecule has 0 spiro atoms. The van der Waals surface area contributed by atoms with Crippen molar-refractivity contribution in [1.29, 1.82) is 0 Å². The number of aliphatic imine (C=N–C) groups is 1. The number of benzene rings is 1. The fourth-order valence-electron chi connectivity index (χ4n) is 2.01. The van der Waals surface area contributed by atoms with Crippen molar-refractivity contribution in [2.45, 2.75) is 31.6 Å². The summed E-state index contributed by atoms with van der Waals surface area (Å²) in [7, 11) is 0. The third-order valence-corrected chi connectivity index (χ3v) is 2.86. The summed E-state index contributed by atoms with van der Waals surface area (Å²) in [6, 6.07) is 10.8. The second-order valence-electron chi connectivity index (χ2n) is 3.94. The first-order valence-electron chi connectivity index (χ1n) is 5.50. The SMILES string of the molecule is C1=NCC(c2ccccc2)CCCC1. The zero-order valence-electron chi connectivity index (χ0n) is 8.52. The fraction of sp³-hybridized carbons (Fsp3) is 0.462. The molecule has 14 heavy (non-hydrogen) atoms. The highest BCUT2D eigenvalue weighted by molar-refractivity contribution is 5.57. The Balaban J connectivity index is 2.08. The van der Waals surface area contributed by atoms with Crippen LogP contribution in [0.15, 0.2) is 35.3 Å². The highest BCUT2D eigenvalue weighted by atomic mass is 14.7. The summed E-state index contributed by atoms with van der Waals surface area (Å²) in [4.78, 5) is 4.46. The lowest BCUT2D eigenvalue weighted by atomic mass is 9.92. The quantitative estimate of drug-likeness (QED) is 0.639. The van der Waals surface area contributed by atoms with E-state index < -0.39 is 0 Å². The van der Waals surface area contributed by atoms with Gasteiger partial charge in [0, 0.05) is 12.5 Å². The molecule has 0 aromatic heterocycles. The van der Waals surface area contributed by atoms with Crippen molar-refractivity contribution in [1.82, 2.24) is 0 Å². The van der Waals surface area contributed by atoms with Gasteiger partial charge in [0.05, 0.1) is 0 Å². The summed E-state index contributed by atoms with van der Waals surface area (Å²) < 4.78 is 0. The average Bonchev–Trinajstić information content (AvgIpc) is 2.18. The van der Waals surface area contributed by atoms with Crippen molar-refractivity contribution in [2.75, 3.05) is 6.54 Å². The van der Waals surface area contributed by atoms with E-state index in [-0.39, 0.29) is 0 Å². The van der Waals surface area contributed by atoms with Crippen LogP contribution in [-0.2, 0) is 0 Å². The van der Waals surface area contributed by atoms with Gasteiger partial charge in [0.25, 0.3) is 0 Å². The van der Waals surface area contributed by atoms with Crippen LogP contribution < -0.4 is 0 Å². The Labute approximate surface area is 85.9 Å². The molecule has 1 aliphatic heterocycles. The molecule has 1 aromatic rings. The van der Waals surface area contributed by atoms with Gasteiger partial charge in [-0.05, 0) is 31.0 Å². The van der Waals surface area contributed by atoms with E-state index >= 15 is 0 Å². The Morgan fingerprint density at radius 3 is 2.79 bits per heavy atom. The average molecular weight is 187 g/mol. The first-order chi connectivity index (χ1) is 6.97. The normalized spacial score (nSPS) is 22.7. The van der Waals surface area contributed by atoms with Gasteiger partial charge in [0.1, 0.15) is 0 Å². The molecule has 2 rings (SSSR count). The molecule has 1 nitrogen and oxygen atoms in total. The molecule has 1 unspecified atom stereocenters. The van der Waals surface area contributed by atoms with E-state index in [1.165, 1.54) is 31.2 Å². The van der Waals surface area contributed by atoms with Crippen LogP contribution >= 0.6 is 0 Å². The molecule has 1 heteroatoms. The molecule has 0 bridgehead atoms. The molecule has 1 aliphatic rings. The predicted octanol–water partition coefficient (Wildman–Crippen LogP) is 3.42. The molecule has 0 aliphatic carbocycles. The molecule has 0 amide bonds. The zero-order valence-corrected chi connectivity index (χ0v) is 8.52. The van der Waals surface area contributed by atoms with Gasteiger partial charge < -0.3 is 0 Å². The third kappa shape index (κ3) is 2.44. The zero-order chi connectivity index (χ0) is 9.64. The smallest absolute Gasteiger partial charge is 0.0454 e. The number of hydrogen-bond acceptors (Lipinski definition) is 1. The van der Waals surface area contributed by atoms with Crippen molar-refractivity contribution < 1.29 is 0 Å². The Kier molecular flexibility index (Phi) is 3.33. The van der Waals surface area contributed by atoms with E-state index in [0.717, 1.165) is 6.54 Å². The summed E-state index contributed by atoms with van der Waals surface area (Å²) in [6.45, 7) is 0.976. The lowest BCUT2D eigenvalue weighted by Gasteiger charge is -2.16. The summed E-state index contributed by atoms with van der Waals surface area (Å²) in [6.07, 6.45) is 7.19. The highest BCUT2D eigenvalue weighted by Gasteiger charge is 2.10. The van der Waals surface area contributed by atoms with Crippen molar-refractivity contribution in [3.05, 3.63) is 35.9 Å². The summed E-state index contributed by atoms with van der Waals surface area (Å²) in [5.74, 6) is 0.646. The second-order valence-corrected chi connectivity index (χ2v) is 3.94. The van der Waals surface area contributed by atoms with Gasteiger partial charge >= 0.3 is 0 Å². The molecular weight excluding hydrogens is 170 g/mol. The van der Waals surface area contributed by atoms with Gasteiger partial charge in [-0.25, -0.2) is 0 Å². The van der Waals surface area contributed by atoms with E-state index in [1.807, 2.05) is 0 Å². The molecular formula is C13H17N. The molecule has 0 radical (unpaired) electrons. The molecule has 0 fully saturated rings. The first-order valence-corrected chi connectivity index (χ1v) is 5.50. The van der Waals surface area contributed by atoms with Crippen LogP contribution in [0, 0.1) is 0 Å². The summed E-state index contributed by atoms with van der Waals surface area (Å²) >= 11 is 0. The van der Waals surface area contributed by atoms with Gasteiger partial charge in [0.15, 0.2) is 0 Å². The number of hydrogen-bond donors (Lipinski definition) is 0. The van der Waals surface area contributed by atoms with Crippen LogP contribution in [0.25, 0.3) is 0 Å². The van der Waals surface area contributed by atoms with Gasteiger partial charge in [-0.3, -0.25) is 4.99 Å². The van der Waals surface area contributed by atoms with Crippen molar-refractivity contribution in [3.8, 4) is 0 Å². The minimum Gasteiger partial charge on any atom is -0.297 e. The monoisotopic (exact) mass is 187 g/mol. The molecule has 74 valence electrons. The Morgan fingerprint density at radius 1 is 1.07 bits per heavy atom. The fourth-order valence-corrected chi connectivity index (χ4v) is 2.01. The minimum absolute atomic E-state index is 0.646. The van der Waals surface area contributed by atoms with Gasteiger partial charge in [-0.1, -0.05) is 36.8 Å². The molecule has 0 N–H and O–H groups in total. The van der Waals surface area contributed by atoms with E-state index in [1.54, 1.807) is 0 Å². The van der Waals surface area contributed by atoms with Crippen molar-refractivity contribution >= 4 is 6.21 Å². The summed E-state index contributed by atoms with van der Waals surface area (Å²) in [5, 5.41) is 0. The number of nitrogens with zero attached hydrogens (tertiary/aromatic N) is 1. The molecule has 0 saturated carbocycles. The lowest BCUT2D eigenvalue weighted by molar-refractivity contribution is 0.575. The van der Waals surface area contributed by atoms with E-state index in [4.69, 9.17) is 0 Å². The molecule has 1 heterocycles.